The van der Waals surface area contributed by atoms with E-state index >= 15 is 0 Å². The lowest BCUT2D eigenvalue weighted by Gasteiger charge is -2.10. The van der Waals surface area contributed by atoms with E-state index in [9.17, 15) is 14.9 Å². The number of carbonyl (C=O) groups is 1. The molecule has 0 aliphatic carbocycles. The number of amides is 1. The maximum absolute atomic E-state index is 12.6. The van der Waals surface area contributed by atoms with Crippen LogP contribution in [0, 0.1) is 10.1 Å². The molecule has 2 heterocycles. The Morgan fingerprint density at radius 1 is 1.19 bits per heavy atom. The number of non-ortho nitro benzene ring substituents is 1. The Morgan fingerprint density at radius 3 is 2.84 bits per heavy atom. The summed E-state index contributed by atoms with van der Waals surface area (Å²) in [4.78, 5) is 27.5. The summed E-state index contributed by atoms with van der Waals surface area (Å²) in [5, 5.41) is 15.7. The van der Waals surface area contributed by atoms with Gasteiger partial charge >= 0.3 is 0 Å². The van der Waals surface area contributed by atoms with Crippen molar-refractivity contribution in [3.05, 3.63) is 64.7 Å². The van der Waals surface area contributed by atoms with Crippen molar-refractivity contribution in [3.8, 4) is 5.75 Å². The number of nitrogens with zero attached hydrogens (tertiary/aromatic N) is 2. The Hall–Kier alpha value is -3.63. The number of nitrogens with one attached hydrogen (secondary N) is 1. The van der Waals surface area contributed by atoms with Gasteiger partial charge in [-0.15, -0.1) is 11.3 Å². The average molecular weight is 466 g/mol. The standard InChI is InChI=1S/C22H15N3O5S2/c1-29-19-9-14-13-4-2-3-5-17(13)30-18(14)10-16(19)23-21(26)11-31-22-24-15-7-6-12(25(27)28)8-20(15)32-22/h2-10H,11H2,1H3,(H,23,26). The molecule has 1 N–H and O–H groups in total. The Balaban J connectivity index is 1.34. The number of nitro groups is 1. The summed E-state index contributed by atoms with van der Waals surface area (Å²) in [6, 6.07) is 15.8. The lowest BCUT2D eigenvalue weighted by atomic mass is 10.1. The average Bonchev–Trinajstić information content (AvgIpc) is 3.36. The summed E-state index contributed by atoms with van der Waals surface area (Å²) in [7, 11) is 1.55. The molecular weight excluding hydrogens is 450 g/mol. The van der Waals surface area contributed by atoms with Crippen molar-refractivity contribution in [3.63, 3.8) is 0 Å². The van der Waals surface area contributed by atoms with Gasteiger partial charge in [0, 0.05) is 29.0 Å². The van der Waals surface area contributed by atoms with Crippen LogP contribution in [-0.2, 0) is 4.79 Å². The van der Waals surface area contributed by atoms with Crippen molar-refractivity contribution in [2.75, 3.05) is 18.2 Å². The molecule has 1 amide bonds. The van der Waals surface area contributed by atoms with Gasteiger partial charge < -0.3 is 14.5 Å². The molecule has 0 saturated carbocycles. The Labute approximate surface area is 189 Å². The highest BCUT2D eigenvalue weighted by Gasteiger charge is 2.16. The fourth-order valence-electron chi connectivity index (χ4n) is 3.40. The number of rotatable bonds is 6. The number of thiazole rings is 1. The highest BCUT2D eigenvalue weighted by Crippen LogP contribution is 2.37. The van der Waals surface area contributed by atoms with Crippen LogP contribution >= 0.6 is 23.1 Å². The molecule has 0 aliphatic heterocycles. The monoisotopic (exact) mass is 465 g/mol. The van der Waals surface area contributed by atoms with E-state index in [-0.39, 0.29) is 17.3 Å². The Kier molecular flexibility index (Phi) is 5.16. The number of anilines is 1. The van der Waals surface area contributed by atoms with Crippen molar-refractivity contribution in [1.29, 1.82) is 0 Å². The highest BCUT2D eigenvalue weighted by atomic mass is 32.2. The fraction of sp³-hybridized carbons (Fsp3) is 0.0909. The lowest BCUT2D eigenvalue weighted by molar-refractivity contribution is -0.384. The first-order valence-corrected chi connectivity index (χ1v) is 11.3. The van der Waals surface area contributed by atoms with Gasteiger partial charge in [0.2, 0.25) is 5.91 Å². The smallest absolute Gasteiger partial charge is 0.270 e. The molecule has 2 aromatic heterocycles. The molecule has 0 radical (unpaired) electrons. The number of fused-ring (bicyclic) bond motifs is 4. The van der Waals surface area contributed by atoms with Gasteiger partial charge in [0.1, 0.15) is 16.9 Å². The first-order chi connectivity index (χ1) is 15.5. The summed E-state index contributed by atoms with van der Waals surface area (Å²) >= 11 is 2.59. The van der Waals surface area contributed by atoms with Gasteiger partial charge in [-0.2, -0.15) is 0 Å². The Bertz CT molecular complexity index is 1510. The summed E-state index contributed by atoms with van der Waals surface area (Å²) in [6.07, 6.45) is 0. The number of hydrogen-bond acceptors (Lipinski definition) is 8. The molecule has 0 saturated heterocycles. The molecule has 0 unspecified atom stereocenters. The minimum atomic E-state index is -0.439. The second-order valence-electron chi connectivity index (χ2n) is 6.87. The Morgan fingerprint density at radius 2 is 2.03 bits per heavy atom. The number of ether oxygens (including phenoxy) is 1. The van der Waals surface area contributed by atoms with Gasteiger partial charge in [-0.1, -0.05) is 30.0 Å². The fourth-order valence-corrected chi connectivity index (χ4v) is 5.30. The normalized spacial score (nSPS) is 11.3. The molecule has 5 aromatic rings. The second-order valence-corrected chi connectivity index (χ2v) is 9.13. The molecule has 0 fully saturated rings. The molecule has 0 aliphatic rings. The SMILES string of the molecule is COc1cc2c(cc1NC(=O)CSc1nc3ccc([N+](=O)[O-])cc3s1)oc1ccccc12. The molecule has 160 valence electrons. The zero-order valence-electron chi connectivity index (χ0n) is 16.7. The number of nitro benzene ring substituents is 1. The predicted molar refractivity (Wildman–Crippen MR) is 126 cm³/mol. The third-order valence-corrected chi connectivity index (χ3v) is 7.02. The molecule has 8 nitrogen and oxygen atoms in total. The molecule has 5 rings (SSSR count). The summed E-state index contributed by atoms with van der Waals surface area (Å²) < 4.78 is 12.7. The van der Waals surface area contributed by atoms with Gasteiger partial charge in [-0.25, -0.2) is 4.98 Å². The van der Waals surface area contributed by atoms with Crippen molar-refractivity contribution < 1.29 is 18.9 Å². The number of methoxy groups -OCH3 is 1. The topological polar surface area (TPSA) is 108 Å². The third kappa shape index (κ3) is 3.74. The van der Waals surface area contributed by atoms with Gasteiger partial charge in [-0.05, 0) is 18.2 Å². The number of furan rings is 1. The lowest BCUT2D eigenvalue weighted by Crippen LogP contribution is -2.14. The molecule has 32 heavy (non-hydrogen) atoms. The number of thioether (sulfide) groups is 1. The van der Waals surface area contributed by atoms with Crippen LogP contribution in [0.3, 0.4) is 0 Å². The van der Waals surface area contributed by atoms with Crippen LogP contribution in [0.5, 0.6) is 5.75 Å². The highest BCUT2D eigenvalue weighted by molar-refractivity contribution is 8.01. The molecule has 10 heteroatoms. The number of benzene rings is 3. The van der Waals surface area contributed by atoms with Crippen LogP contribution < -0.4 is 10.1 Å². The van der Waals surface area contributed by atoms with Crippen molar-refractivity contribution in [1.82, 2.24) is 4.98 Å². The first-order valence-electron chi connectivity index (χ1n) is 9.49. The van der Waals surface area contributed by atoms with E-state index in [0.29, 0.717) is 31.6 Å². The van der Waals surface area contributed by atoms with E-state index in [4.69, 9.17) is 9.15 Å². The first kappa shape index (κ1) is 20.3. The van der Waals surface area contributed by atoms with Crippen LogP contribution in [0.25, 0.3) is 32.2 Å². The zero-order valence-corrected chi connectivity index (χ0v) is 18.3. The maximum atomic E-state index is 12.6. The van der Waals surface area contributed by atoms with Crippen LogP contribution in [0.2, 0.25) is 0 Å². The molecule has 0 atom stereocenters. The zero-order chi connectivity index (χ0) is 22.2. The van der Waals surface area contributed by atoms with E-state index in [2.05, 4.69) is 10.3 Å². The molecule has 0 spiro atoms. The van der Waals surface area contributed by atoms with Crippen LogP contribution in [0.15, 0.2) is 63.4 Å². The number of carbonyl (C=O) groups excluding carboxylic acids is 1. The van der Waals surface area contributed by atoms with Gasteiger partial charge in [0.15, 0.2) is 4.34 Å². The van der Waals surface area contributed by atoms with E-state index < -0.39 is 4.92 Å². The van der Waals surface area contributed by atoms with Crippen molar-refractivity contribution in [2.24, 2.45) is 0 Å². The van der Waals surface area contributed by atoms with Crippen LogP contribution in [0.4, 0.5) is 11.4 Å². The van der Waals surface area contributed by atoms with Gasteiger partial charge in [0.05, 0.1) is 33.7 Å². The van der Waals surface area contributed by atoms with Crippen molar-refractivity contribution in [2.45, 2.75) is 4.34 Å². The number of aromatic nitrogens is 1. The summed E-state index contributed by atoms with van der Waals surface area (Å²) in [5.41, 5.74) is 2.62. The van der Waals surface area contributed by atoms with E-state index in [1.807, 2.05) is 30.3 Å². The van der Waals surface area contributed by atoms with Crippen LogP contribution in [0.1, 0.15) is 0 Å². The predicted octanol–water partition coefficient (Wildman–Crippen LogP) is 5.84. The quantitative estimate of drug-likeness (QED) is 0.191. The second kappa shape index (κ2) is 8.13. The van der Waals surface area contributed by atoms with Crippen molar-refractivity contribution >= 4 is 72.5 Å². The minimum Gasteiger partial charge on any atom is -0.495 e. The third-order valence-electron chi connectivity index (χ3n) is 4.86. The van der Waals surface area contributed by atoms with E-state index in [0.717, 1.165) is 16.4 Å². The molecule has 3 aromatic carbocycles. The maximum Gasteiger partial charge on any atom is 0.270 e. The largest absolute Gasteiger partial charge is 0.495 e. The number of para-hydroxylation sites is 1. The summed E-state index contributed by atoms with van der Waals surface area (Å²) in [5.74, 6) is 0.437. The van der Waals surface area contributed by atoms with Gasteiger partial charge in [-0.3, -0.25) is 14.9 Å². The van der Waals surface area contributed by atoms with E-state index in [1.54, 1.807) is 19.2 Å². The summed E-state index contributed by atoms with van der Waals surface area (Å²) in [6.45, 7) is 0. The number of hydrogen-bond donors (Lipinski definition) is 1. The molecule has 0 bridgehead atoms. The van der Waals surface area contributed by atoms with Crippen LogP contribution in [-0.4, -0.2) is 28.7 Å². The molecular formula is C22H15N3O5S2. The van der Waals surface area contributed by atoms with Gasteiger partial charge in [0.25, 0.3) is 5.69 Å². The van der Waals surface area contributed by atoms with E-state index in [1.165, 1.54) is 35.2 Å². The minimum absolute atomic E-state index is 0.0171.